The Morgan fingerprint density at radius 1 is 1.35 bits per heavy atom. The fourth-order valence-corrected chi connectivity index (χ4v) is 1.76. The number of aromatic hydroxyl groups is 1. The summed E-state index contributed by atoms with van der Waals surface area (Å²) in [5.74, 6) is 0.0990. The molecule has 5 nitrogen and oxygen atoms in total. The summed E-state index contributed by atoms with van der Waals surface area (Å²) in [6.07, 6.45) is 1.58. The topological polar surface area (TPSA) is 68.0 Å². The van der Waals surface area contributed by atoms with Crippen molar-refractivity contribution < 1.29 is 5.11 Å². The number of rotatable bonds is 1. The highest BCUT2D eigenvalue weighted by Crippen LogP contribution is 2.17. The summed E-state index contributed by atoms with van der Waals surface area (Å²) in [4.78, 5) is 19.6. The molecular formula is C11H10ClN3O2. The van der Waals surface area contributed by atoms with E-state index in [-0.39, 0.29) is 11.4 Å². The summed E-state index contributed by atoms with van der Waals surface area (Å²) in [7, 11) is 0. The zero-order valence-corrected chi connectivity index (χ0v) is 10.1. The largest absolute Gasteiger partial charge is 0.493 e. The van der Waals surface area contributed by atoms with Crippen molar-refractivity contribution in [3.63, 3.8) is 0 Å². The number of aryl methyl sites for hydroxylation is 2. The van der Waals surface area contributed by atoms with E-state index in [0.29, 0.717) is 16.7 Å². The number of hydrogen-bond donors (Lipinski definition) is 1. The average Bonchev–Trinajstić information content (AvgIpc) is 2.21. The van der Waals surface area contributed by atoms with Crippen LogP contribution in [0.1, 0.15) is 11.4 Å². The van der Waals surface area contributed by atoms with Gasteiger partial charge in [0.25, 0.3) is 5.56 Å². The van der Waals surface area contributed by atoms with Gasteiger partial charge in [0, 0.05) is 6.20 Å². The van der Waals surface area contributed by atoms with Crippen LogP contribution in [0.15, 0.2) is 23.1 Å². The standard InChI is InChI=1S/C11H10ClN3O2/c1-6-5-13-9(12)3-8(6)15-7(2)14-10(16)4-11(15)17/h3-5,16H,1-2H3. The van der Waals surface area contributed by atoms with E-state index in [1.54, 1.807) is 19.2 Å². The summed E-state index contributed by atoms with van der Waals surface area (Å²) in [5.41, 5.74) is 1.05. The van der Waals surface area contributed by atoms with Crippen molar-refractivity contribution in [2.75, 3.05) is 0 Å². The number of nitrogens with zero attached hydrogens (tertiary/aromatic N) is 3. The zero-order valence-electron chi connectivity index (χ0n) is 9.31. The Hall–Kier alpha value is -1.88. The van der Waals surface area contributed by atoms with E-state index in [1.807, 2.05) is 6.92 Å². The van der Waals surface area contributed by atoms with Crippen LogP contribution >= 0.6 is 11.6 Å². The lowest BCUT2D eigenvalue weighted by Crippen LogP contribution is -2.21. The second-order valence-electron chi connectivity index (χ2n) is 3.63. The molecule has 17 heavy (non-hydrogen) atoms. The minimum absolute atomic E-state index is 0.290. The van der Waals surface area contributed by atoms with Crippen LogP contribution in [0.5, 0.6) is 5.88 Å². The van der Waals surface area contributed by atoms with Crippen LogP contribution in [0.2, 0.25) is 5.15 Å². The highest BCUT2D eigenvalue weighted by atomic mass is 35.5. The molecule has 2 heterocycles. The van der Waals surface area contributed by atoms with Crippen LogP contribution in [0.3, 0.4) is 0 Å². The molecule has 0 aromatic carbocycles. The maximum Gasteiger partial charge on any atom is 0.261 e. The van der Waals surface area contributed by atoms with Gasteiger partial charge in [-0.2, -0.15) is 0 Å². The summed E-state index contributed by atoms with van der Waals surface area (Å²) in [6.45, 7) is 3.45. The number of hydrogen-bond acceptors (Lipinski definition) is 4. The van der Waals surface area contributed by atoms with E-state index in [2.05, 4.69) is 9.97 Å². The molecule has 0 aliphatic heterocycles. The quantitative estimate of drug-likeness (QED) is 0.782. The molecule has 0 aliphatic rings. The van der Waals surface area contributed by atoms with Crippen molar-refractivity contribution >= 4 is 11.6 Å². The molecule has 0 unspecified atom stereocenters. The highest BCUT2D eigenvalue weighted by Gasteiger charge is 2.10. The first-order valence-electron chi connectivity index (χ1n) is 4.91. The summed E-state index contributed by atoms with van der Waals surface area (Å²) in [6, 6.07) is 2.64. The predicted molar refractivity (Wildman–Crippen MR) is 63.8 cm³/mol. The van der Waals surface area contributed by atoms with Crippen LogP contribution < -0.4 is 5.56 Å². The second kappa shape index (κ2) is 4.18. The zero-order chi connectivity index (χ0) is 12.6. The van der Waals surface area contributed by atoms with Crippen molar-refractivity contribution in [2.24, 2.45) is 0 Å². The SMILES string of the molecule is Cc1cnc(Cl)cc1-n1c(C)nc(O)cc1=O. The van der Waals surface area contributed by atoms with Crippen molar-refractivity contribution in [1.82, 2.24) is 14.5 Å². The molecular weight excluding hydrogens is 242 g/mol. The molecule has 2 aromatic rings. The van der Waals surface area contributed by atoms with Crippen molar-refractivity contribution in [1.29, 1.82) is 0 Å². The second-order valence-corrected chi connectivity index (χ2v) is 4.02. The van der Waals surface area contributed by atoms with E-state index < -0.39 is 0 Å². The van der Waals surface area contributed by atoms with Gasteiger partial charge in [0.1, 0.15) is 11.0 Å². The van der Waals surface area contributed by atoms with Gasteiger partial charge < -0.3 is 5.11 Å². The predicted octanol–water partition coefficient (Wildman–Crippen LogP) is 1.60. The Morgan fingerprint density at radius 2 is 2.06 bits per heavy atom. The van der Waals surface area contributed by atoms with E-state index in [1.165, 1.54) is 4.57 Å². The molecule has 0 radical (unpaired) electrons. The number of aromatic nitrogens is 3. The first-order valence-corrected chi connectivity index (χ1v) is 5.29. The molecule has 0 fully saturated rings. The monoisotopic (exact) mass is 251 g/mol. The van der Waals surface area contributed by atoms with Gasteiger partial charge in [0.05, 0.1) is 11.8 Å². The van der Waals surface area contributed by atoms with Gasteiger partial charge in [-0.15, -0.1) is 0 Å². The number of pyridine rings is 1. The molecule has 6 heteroatoms. The molecule has 0 atom stereocenters. The molecule has 88 valence electrons. The Kier molecular flexibility index (Phi) is 2.85. The summed E-state index contributed by atoms with van der Waals surface area (Å²) < 4.78 is 1.38. The Bertz CT molecular complexity index is 637. The van der Waals surface area contributed by atoms with Crippen LogP contribution in [-0.4, -0.2) is 19.6 Å². The molecule has 0 amide bonds. The molecule has 0 saturated carbocycles. The molecule has 2 aromatic heterocycles. The smallest absolute Gasteiger partial charge is 0.261 e. The lowest BCUT2D eigenvalue weighted by molar-refractivity contribution is 0.447. The number of halogens is 1. The van der Waals surface area contributed by atoms with E-state index in [4.69, 9.17) is 11.6 Å². The Labute approximate surface area is 102 Å². The fourth-order valence-electron chi connectivity index (χ4n) is 1.60. The first kappa shape index (κ1) is 11.6. The Balaban J connectivity index is 2.77. The molecule has 0 saturated heterocycles. The van der Waals surface area contributed by atoms with Gasteiger partial charge in [-0.1, -0.05) is 11.6 Å². The maximum atomic E-state index is 11.8. The third kappa shape index (κ3) is 2.14. The van der Waals surface area contributed by atoms with Crippen molar-refractivity contribution in [3.05, 3.63) is 45.2 Å². The average molecular weight is 252 g/mol. The third-order valence-corrected chi connectivity index (χ3v) is 2.56. The third-order valence-electron chi connectivity index (χ3n) is 2.36. The van der Waals surface area contributed by atoms with Crippen molar-refractivity contribution in [2.45, 2.75) is 13.8 Å². The Morgan fingerprint density at radius 3 is 2.71 bits per heavy atom. The molecule has 1 N–H and O–H groups in total. The van der Waals surface area contributed by atoms with E-state index in [0.717, 1.165) is 11.6 Å². The molecule has 0 bridgehead atoms. The minimum atomic E-state index is -0.361. The van der Waals surface area contributed by atoms with Gasteiger partial charge in [-0.05, 0) is 25.5 Å². The van der Waals surface area contributed by atoms with Gasteiger partial charge in [-0.25, -0.2) is 9.97 Å². The van der Waals surface area contributed by atoms with E-state index in [9.17, 15) is 9.90 Å². The van der Waals surface area contributed by atoms with Crippen LogP contribution in [-0.2, 0) is 0 Å². The molecule has 0 aliphatic carbocycles. The summed E-state index contributed by atoms with van der Waals surface area (Å²) in [5, 5.41) is 9.52. The normalized spacial score (nSPS) is 10.5. The van der Waals surface area contributed by atoms with Gasteiger partial charge in [0.15, 0.2) is 0 Å². The molecule has 2 rings (SSSR count). The van der Waals surface area contributed by atoms with Gasteiger partial charge in [-0.3, -0.25) is 9.36 Å². The lowest BCUT2D eigenvalue weighted by Gasteiger charge is -2.11. The van der Waals surface area contributed by atoms with E-state index >= 15 is 0 Å². The van der Waals surface area contributed by atoms with Crippen LogP contribution in [0, 0.1) is 13.8 Å². The van der Waals surface area contributed by atoms with Crippen LogP contribution in [0.25, 0.3) is 5.69 Å². The first-order chi connectivity index (χ1) is 7.99. The minimum Gasteiger partial charge on any atom is -0.493 e. The molecule has 0 spiro atoms. The fraction of sp³-hybridized carbons (Fsp3) is 0.182. The maximum absolute atomic E-state index is 11.8. The van der Waals surface area contributed by atoms with Gasteiger partial charge in [0.2, 0.25) is 5.88 Å². The highest BCUT2D eigenvalue weighted by molar-refractivity contribution is 6.29. The van der Waals surface area contributed by atoms with Gasteiger partial charge >= 0.3 is 0 Å². The summed E-state index contributed by atoms with van der Waals surface area (Å²) >= 11 is 5.81. The lowest BCUT2D eigenvalue weighted by atomic mass is 10.2. The van der Waals surface area contributed by atoms with Crippen molar-refractivity contribution in [3.8, 4) is 11.6 Å². The van der Waals surface area contributed by atoms with Crippen LogP contribution in [0.4, 0.5) is 0 Å².